The first-order valence-corrected chi connectivity index (χ1v) is 11.8. The van der Waals surface area contributed by atoms with Gasteiger partial charge < -0.3 is 20.1 Å². The van der Waals surface area contributed by atoms with Crippen LogP contribution in [0.5, 0.6) is 0 Å². The summed E-state index contributed by atoms with van der Waals surface area (Å²) in [4.78, 5) is 45.5. The minimum Gasteiger partial charge on any atom is -0.345 e. The van der Waals surface area contributed by atoms with Gasteiger partial charge in [0.15, 0.2) is 0 Å². The first kappa shape index (κ1) is 25.9. The maximum absolute atomic E-state index is 13.6. The van der Waals surface area contributed by atoms with Crippen molar-refractivity contribution < 1.29 is 14.4 Å². The van der Waals surface area contributed by atoms with E-state index >= 15 is 0 Å². The Hall–Kier alpha value is -2.71. The molecule has 2 aromatic rings. The van der Waals surface area contributed by atoms with Crippen molar-refractivity contribution in [2.45, 2.75) is 46.6 Å². The number of carbonyl (C=O) groups excluding carboxylic acids is 3. The number of halogens is 2. The van der Waals surface area contributed by atoms with E-state index in [1.807, 2.05) is 0 Å². The number of hydrogen-bond acceptors (Lipinski definition) is 3. The number of nitrogens with one attached hydrogen (secondary N) is 3. The SMILES string of the molecule is CN1CCN(C(=O)c2cc(CC(C)(C)C)[nH]c2NC(=O)Nc2cccc(Cl)c2Cl)C(C)(C)C1=O. The number of rotatable bonds is 4. The van der Waals surface area contributed by atoms with Crippen LogP contribution in [0.3, 0.4) is 0 Å². The van der Waals surface area contributed by atoms with Crippen LogP contribution in [0, 0.1) is 5.41 Å². The molecule has 0 saturated carbocycles. The molecule has 34 heavy (non-hydrogen) atoms. The van der Waals surface area contributed by atoms with Gasteiger partial charge in [0.05, 0.1) is 21.3 Å². The summed E-state index contributed by atoms with van der Waals surface area (Å²) in [5, 5.41) is 5.91. The van der Waals surface area contributed by atoms with Crippen molar-refractivity contribution in [3.8, 4) is 0 Å². The minimum atomic E-state index is -1.01. The van der Waals surface area contributed by atoms with Gasteiger partial charge in [0.1, 0.15) is 11.4 Å². The van der Waals surface area contributed by atoms with Gasteiger partial charge in [0, 0.05) is 25.8 Å². The predicted molar refractivity (Wildman–Crippen MR) is 136 cm³/mol. The zero-order valence-corrected chi connectivity index (χ0v) is 21.8. The number of carbonyl (C=O) groups is 3. The Morgan fingerprint density at radius 3 is 2.47 bits per heavy atom. The van der Waals surface area contributed by atoms with Crippen LogP contribution in [0.4, 0.5) is 16.3 Å². The maximum atomic E-state index is 13.6. The van der Waals surface area contributed by atoms with E-state index in [-0.39, 0.29) is 33.6 Å². The van der Waals surface area contributed by atoms with E-state index < -0.39 is 11.6 Å². The number of aromatic amines is 1. The maximum Gasteiger partial charge on any atom is 0.324 e. The molecule has 3 rings (SSSR count). The first-order chi connectivity index (χ1) is 15.7. The van der Waals surface area contributed by atoms with Crippen molar-refractivity contribution >= 4 is 52.6 Å². The van der Waals surface area contributed by atoms with Crippen molar-refractivity contribution in [3.05, 3.63) is 45.6 Å². The fraction of sp³-hybridized carbons (Fsp3) is 0.458. The molecule has 0 aliphatic carbocycles. The molecule has 0 unspecified atom stereocenters. The molecule has 2 heterocycles. The van der Waals surface area contributed by atoms with Gasteiger partial charge >= 0.3 is 6.03 Å². The predicted octanol–water partition coefficient (Wildman–Crippen LogP) is 5.25. The molecule has 1 aromatic heterocycles. The van der Waals surface area contributed by atoms with Crippen LogP contribution in [0.2, 0.25) is 10.0 Å². The quantitative estimate of drug-likeness (QED) is 0.527. The number of nitrogens with zero attached hydrogens (tertiary/aromatic N) is 2. The lowest BCUT2D eigenvalue weighted by molar-refractivity contribution is -0.144. The summed E-state index contributed by atoms with van der Waals surface area (Å²) >= 11 is 12.2. The van der Waals surface area contributed by atoms with Gasteiger partial charge in [-0.15, -0.1) is 0 Å². The van der Waals surface area contributed by atoms with Gasteiger partial charge in [0.2, 0.25) is 5.91 Å². The summed E-state index contributed by atoms with van der Waals surface area (Å²) < 4.78 is 0. The second-order valence-corrected chi connectivity index (χ2v) is 11.0. The standard InChI is InChI=1S/C24H31Cl2N5O3/c1-23(2,3)13-14-12-15(20(32)31-11-10-30(6)21(33)24(31,4)5)19(27-14)29-22(34)28-17-9-7-8-16(25)18(17)26/h7-9,12,27H,10-11,13H2,1-6H3,(H2,28,29,34). The lowest BCUT2D eigenvalue weighted by Gasteiger charge is -2.44. The molecule has 1 aliphatic heterocycles. The van der Waals surface area contributed by atoms with Gasteiger partial charge in [0.25, 0.3) is 5.91 Å². The molecule has 1 fully saturated rings. The molecule has 4 amide bonds. The van der Waals surface area contributed by atoms with Crippen molar-refractivity contribution in [2.24, 2.45) is 5.41 Å². The zero-order valence-electron chi connectivity index (χ0n) is 20.3. The lowest BCUT2D eigenvalue weighted by Crippen LogP contribution is -2.63. The van der Waals surface area contributed by atoms with E-state index in [0.717, 1.165) is 5.69 Å². The van der Waals surface area contributed by atoms with Crippen molar-refractivity contribution in [1.82, 2.24) is 14.8 Å². The average Bonchev–Trinajstić information content (AvgIpc) is 3.09. The molecule has 1 saturated heterocycles. The van der Waals surface area contributed by atoms with Gasteiger partial charge in [-0.3, -0.25) is 14.9 Å². The fourth-order valence-electron chi connectivity index (χ4n) is 4.03. The lowest BCUT2D eigenvalue weighted by atomic mass is 9.90. The van der Waals surface area contributed by atoms with E-state index in [1.165, 1.54) is 0 Å². The summed E-state index contributed by atoms with van der Waals surface area (Å²) in [5.74, 6) is -0.221. The summed E-state index contributed by atoms with van der Waals surface area (Å²) in [7, 11) is 1.72. The van der Waals surface area contributed by atoms with Crippen LogP contribution in [0.25, 0.3) is 0 Å². The van der Waals surface area contributed by atoms with Crippen LogP contribution in [0.15, 0.2) is 24.3 Å². The molecular formula is C24H31Cl2N5O3. The van der Waals surface area contributed by atoms with Crippen molar-refractivity contribution in [2.75, 3.05) is 30.8 Å². The van der Waals surface area contributed by atoms with Gasteiger partial charge in [-0.25, -0.2) is 4.79 Å². The van der Waals surface area contributed by atoms with E-state index in [2.05, 4.69) is 36.4 Å². The van der Waals surface area contributed by atoms with E-state index in [1.54, 1.807) is 55.0 Å². The van der Waals surface area contributed by atoms with Crippen LogP contribution in [0.1, 0.15) is 50.7 Å². The molecule has 1 aromatic carbocycles. The third kappa shape index (κ3) is 5.50. The van der Waals surface area contributed by atoms with E-state index in [9.17, 15) is 14.4 Å². The molecular weight excluding hydrogens is 477 g/mol. The highest BCUT2D eigenvalue weighted by Gasteiger charge is 2.44. The highest BCUT2D eigenvalue weighted by Crippen LogP contribution is 2.31. The molecule has 0 atom stereocenters. The highest BCUT2D eigenvalue weighted by molar-refractivity contribution is 6.44. The van der Waals surface area contributed by atoms with Crippen LogP contribution < -0.4 is 10.6 Å². The van der Waals surface area contributed by atoms with E-state index in [0.29, 0.717) is 30.2 Å². The second-order valence-electron chi connectivity index (χ2n) is 10.2. The Bertz CT molecular complexity index is 1120. The molecule has 1 aliphatic rings. The van der Waals surface area contributed by atoms with Crippen LogP contribution >= 0.6 is 23.2 Å². The number of urea groups is 1. The van der Waals surface area contributed by atoms with Gasteiger partial charge in [-0.2, -0.15) is 0 Å². The molecule has 0 bridgehead atoms. The largest absolute Gasteiger partial charge is 0.345 e. The smallest absolute Gasteiger partial charge is 0.324 e. The van der Waals surface area contributed by atoms with Crippen molar-refractivity contribution in [1.29, 1.82) is 0 Å². The fourth-order valence-corrected chi connectivity index (χ4v) is 4.37. The van der Waals surface area contributed by atoms with Crippen LogP contribution in [-0.2, 0) is 11.2 Å². The Balaban J connectivity index is 1.92. The number of benzene rings is 1. The molecule has 10 heteroatoms. The third-order valence-corrected chi connectivity index (χ3v) is 6.53. The minimum absolute atomic E-state index is 0.0535. The second kappa shape index (κ2) is 9.50. The molecule has 8 nitrogen and oxygen atoms in total. The Labute approximate surface area is 210 Å². The van der Waals surface area contributed by atoms with Crippen molar-refractivity contribution in [3.63, 3.8) is 0 Å². The summed E-state index contributed by atoms with van der Waals surface area (Å²) in [6.07, 6.45) is 0.655. The number of hydrogen-bond donors (Lipinski definition) is 3. The first-order valence-electron chi connectivity index (χ1n) is 11.0. The molecule has 184 valence electrons. The summed E-state index contributed by atoms with van der Waals surface area (Å²) in [5.41, 5.74) is 0.357. The number of amides is 4. The van der Waals surface area contributed by atoms with Gasteiger partial charge in [-0.05, 0) is 43.9 Å². The summed E-state index contributed by atoms with van der Waals surface area (Å²) in [6.45, 7) is 10.5. The van der Waals surface area contributed by atoms with Crippen LogP contribution in [-0.4, -0.2) is 58.3 Å². The molecule has 3 N–H and O–H groups in total. The monoisotopic (exact) mass is 507 g/mol. The highest BCUT2D eigenvalue weighted by atomic mass is 35.5. The molecule has 0 radical (unpaired) electrons. The summed E-state index contributed by atoms with van der Waals surface area (Å²) in [6, 6.07) is 6.07. The Kier molecular flexibility index (Phi) is 7.24. The Morgan fingerprint density at radius 2 is 1.82 bits per heavy atom. The zero-order chi connectivity index (χ0) is 25.4. The number of anilines is 2. The number of piperazine rings is 1. The topological polar surface area (TPSA) is 97.5 Å². The third-order valence-electron chi connectivity index (χ3n) is 5.71. The van der Waals surface area contributed by atoms with E-state index in [4.69, 9.17) is 23.2 Å². The Morgan fingerprint density at radius 1 is 1.15 bits per heavy atom. The normalized spacial score (nSPS) is 15.9. The molecule has 0 spiro atoms. The van der Waals surface area contributed by atoms with Gasteiger partial charge in [-0.1, -0.05) is 50.0 Å². The average molecular weight is 508 g/mol. The number of aromatic nitrogens is 1. The number of H-pyrrole nitrogens is 1. The number of likely N-dealkylation sites (N-methyl/N-ethyl adjacent to an activating group) is 1.